The standard InChI is InChI=1S/C21H15BrN2O3/c1-12-5-3-4-6-16(12)20-23-18(21(26)27-20)9-14-11-24(13(2)25)19-8-7-15(22)10-17(14)19/h3-11H,1-2H3/b18-9+. The number of nitrogens with zero attached hydrogens (tertiary/aromatic N) is 2. The predicted molar refractivity (Wildman–Crippen MR) is 108 cm³/mol. The zero-order valence-electron chi connectivity index (χ0n) is 14.7. The van der Waals surface area contributed by atoms with E-state index in [1.165, 1.54) is 6.92 Å². The van der Waals surface area contributed by atoms with Crippen LogP contribution < -0.4 is 0 Å². The van der Waals surface area contributed by atoms with E-state index in [9.17, 15) is 9.59 Å². The number of aliphatic imine (C=N–C) groups is 1. The Balaban J connectivity index is 1.84. The molecule has 0 spiro atoms. The van der Waals surface area contributed by atoms with Crippen LogP contribution in [0.5, 0.6) is 0 Å². The van der Waals surface area contributed by atoms with Crippen molar-refractivity contribution in [1.29, 1.82) is 0 Å². The van der Waals surface area contributed by atoms with Crippen molar-refractivity contribution in [3.05, 3.63) is 75.5 Å². The summed E-state index contributed by atoms with van der Waals surface area (Å²) in [6.45, 7) is 3.43. The third kappa shape index (κ3) is 3.13. The number of fused-ring (bicyclic) bond motifs is 1. The van der Waals surface area contributed by atoms with Gasteiger partial charge in [0.1, 0.15) is 0 Å². The highest BCUT2D eigenvalue weighted by Gasteiger charge is 2.25. The highest BCUT2D eigenvalue weighted by atomic mass is 79.9. The Morgan fingerprint density at radius 3 is 2.74 bits per heavy atom. The zero-order chi connectivity index (χ0) is 19.1. The Labute approximate surface area is 164 Å². The van der Waals surface area contributed by atoms with Gasteiger partial charge in [-0.05, 0) is 42.8 Å². The second-order valence-electron chi connectivity index (χ2n) is 6.29. The van der Waals surface area contributed by atoms with Crippen LogP contribution in [0.1, 0.15) is 28.4 Å². The summed E-state index contributed by atoms with van der Waals surface area (Å²) in [6, 6.07) is 13.2. The monoisotopic (exact) mass is 422 g/mol. The smallest absolute Gasteiger partial charge is 0.363 e. The molecule has 0 fully saturated rings. The lowest BCUT2D eigenvalue weighted by Crippen LogP contribution is -2.06. The summed E-state index contributed by atoms with van der Waals surface area (Å²) in [7, 11) is 0. The number of halogens is 1. The van der Waals surface area contributed by atoms with E-state index in [2.05, 4.69) is 20.9 Å². The van der Waals surface area contributed by atoms with E-state index in [0.717, 1.165) is 32.1 Å². The average molecular weight is 423 g/mol. The van der Waals surface area contributed by atoms with Crippen molar-refractivity contribution in [3.8, 4) is 0 Å². The molecule has 2 aromatic carbocycles. The largest absolute Gasteiger partial charge is 0.402 e. The number of aromatic nitrogens is 1. The fraction of sp³-hybridized carbons (Fsp3) is 0.0952. The molecule has 0 amide bonds. The van der Waals surface area contributed by atoms with Crippen LogP contribution in [0, 0.1) is 6.92 Å². The first kappa shape index (κ1) is 17.4. The van der Waals surface area contributed by atoms with E-state index >= 15 is 0 Å². The van der Waals surface area contributed by atoms with Gasteiger partial charge in [-0.25, -0.2) is 9.79 Å². The van der Waals surface area contributed by atoms with Crippen LogP contribution in [0.15, 0.2) is 63.8 Å². The minimum atomic E-state index is -0.507. The van der Waals surface area contributed by atoms with Crippen molar-refractivity contribution in [2.24, 2.45) is 4.99 Å². The minimum absolute atomic E-state index is 0.106. The number of aryl methyl sites for hydroxylation is 1. The first-order valence-corrected chi connectivity index (χ1v) is 9.13. The van der Waals surface area contributed by atoms with Gasteiger partial charge in [-0.1, -0.05) is 34.1 Å². The summed E-state index contributed by atoms with van der Waals surface area (Å²) in [5.74, 6) is -0.321. The van der Waals surface area contributed by atoms with Gasteiger partial charge in [0.2, 0.25) is 11.8 Å². The number of cyclic esters (lactones) is 1. The van der Waals surface area contributed by atoms with Gasteiger partial charge >= 0.3 is 5.97 Å². The van der Waals surface area contributed by atoms with Gasteiger partial charge < -0.3 is 4.74 Å². The molecule has 0 bridgehead atoms. The van der Waals surface area contributed by atoms with Crippen LogP contribution in [0.2, 0.25) is 0 Å². The van der Waals surface area contributed by atoms with E-state index in [1.807, 2.05) is 49.4 Å². The topological polar surface area (TPSA) is 60.7 Å². The Bertz CT molecular complexity index is 1170. The summed E-state index contributed by atoms with van der Waals surface area (Å²) in [5, 5.41) is 0.847. The van der Waals surface area contributed by atoms with E-state index in [0.29, 0.717) is 5.90 Å². The average Bonchev–Trinajstić information content (AvgIpc) is 3.17. The normalized spacial score (nSPS) is 15.3. The van der Waals surface area contributed by atoms with Gasteiger partial charge in [0.05, 0.1) is 5.52 Å². The molecule has 6 heteroatoms. The number of carbonyl (C=O) groups excluding carboxylic acids is 2. The van der Waals surface area contributed by atoms with E-state index in [-0.39, 0.29) is 11.6 Å². The quantitative estimate of drug-likeness (QED) is 0.443. The number of hydrogen-bond acceptors (Lipinski definition) is 4. The van der Waals surface area contributed by atoms with Gasteiger partial charge in [-0.2, -0.15) is 0 Å². The highest BCUT2D eigenvalue weighted by molar-refractivity contribution is 9.10. The Morgan fingerprint density at radius 2 is 2.00 bits per heavy atom. The molecule has 3 aromatic rings. The summed E-state index contributed by atoms with van der Waals surface area (Å²) in [4.78, 5) is 28.7. The molecule has 0 atom stereocenters. The van der Waals surface area contributed by atoms with Gasteiger partial charge in [0.25, 0.3) is 0 Å². The first-order chi connectivity index (χ1) is 12.9. The Hall–Kier alpha value is -2.99. The van der Waals surface area contributed by atoms with Crippen LogP contribution in [0.25, 0.3) is 17.0 Å². The molecule has 1 aromatic heterocycles. The fourth-order valence-electron chi connectivity index (χ4n) is 3.09. The van der Waals surface area contributed by atoms with Crippen LogP contribution in [0.4, 0.5) is 0 Å². The van der Waals surface area contributed by atoms with Crippen molar-refractivity contribution in [2.75, 3.05) is 0 Å². The molecule has 2 heterocycles. The Morgan fingerprint density at radius 1 is 1.22 bits per heavy atom. The molecule has 1 aliphatic rings. The summed E-state index contributed by atoms with van der Waals surface area (Å²) in [5.41, 5.74) is 3.46. The summed E-state index contributed by atoms with van der Waals surface area (Å²) in [6.07, 6.45) is 3.36. The SMILES string of the molecule is CC(=O)n1cc(/C=C2/N=C(c3ccccc3C)OC2=O)c2cc(Br)ccc21. The van der Waals surface area contributed by atoms with E-state index < -0.39 is 5.97 Å². The maximum Gasteiger partial charge on any atom is 0.363 e. The number of ether oxygens (including phenoxy) is 1. The first-order valence-electron chi connectivity index (χ1n) is 8.34. The lowest BCUT2D eigenvalue weighted by atomic mass is 10.1. The number of carbonyl (C=O) groups is 2. The van der Waals surface area contributed by atoms with Crippen LogP contribution in [-0.4, -0.2) is 22.3 Å². The van der Waals surface area contributed by atoms with E-state index in [4.69, 9.17) is 4.74 Å². The minimum Gasteiger partial charge on any atom is -0.402 e. The number of benzene rings is 2. The second-order valence-corrected chi connectivity index (χ2v) is 7.20. The van der Waals surface area contributed by atoms with Crippen molar-refractivity contribution < 1.29 is 14.3 Å². The molecule has 134 valence electrons. The lowest BCUT2D eigenvalue weighted by molar-refractivity contribution is -0.129. The van der Waals surface area contributed by atoms with Crippen molar-refractivity contribution in [2.45, 2.75) is 13.8 Å². The fourth-order valence-corrected chi connectivity index (χ4v) is 3.45. The third-order valence-corrected chi connectivity index (χ3v) is 4.92. The molecule has 27 heavy (non-hydrogen) atoms. The van der Waals surface area contributed by atoms with Gasteiger partial charge in [-0.15, -0.1) is 0 Å². The Kier molecular flexibility index (Phi) is 4.28. The second kappa shape index (κ2) is 6.63. The lowest BCUT2D eigenvalue weighted by Gasteiger charge is -2.02. The molecule has 4 rings (SSSR count). The van der Waals surface area contributed by atoms with Crippen LogP contribution in [0.3, 0.4) is 0 Å². The van der Waals surface area contributed by atoms with Crippen LogP contribution in [-0.2, 0) is 9.53 Å². The number of hydrogen-bond donors (Lipinski definition) is 0. The molecule has 0 saturated heterocycles. The molecule has 0 aliphatic carbocycles. The highest BCUT2D eigenvalue weighted by Crippen LogP contribution is 2.29. The molecule has 0 unspecified atom stereocenters. The molecular formula is C21H15BrN2O3. The molecule has 1 aliphatic heterocycles. The maximum absolute atomic E-state index is 12.3. The number of rotatable bonds is 2. The van der Waals surface area contributed by atoms with E-state index in [1.54, 1.807) is 16.8 Å². The third-order valence-electron chi connectivity index (χ3n) is 4.42. The summed E-state index contributed by atoms with van der Waals surface area (Å²) >= 11 is 3.45. The maximum atomic E-state index is 12.3. The van der Waals surface area contributed by atoms with Gasteiger partial charge in [0, 0.05) is 34.1 Å². The van der Waals surface area contributed by atoms with Crippen molar-refractivity contribution in [3.63, 3.8) is 0 Å². The molecule has 0 N–H and O–H groups in total. The molecule has 0 radical (unpaired) electrons. The predicted octanol–water partition coefficient (Wildman–Crippen LogP) is 4.72. The van der Waals surface area contributed by atoms with Gasteiger partial charge in [0.15, 0.2) is 5.70 Å². The zero-order valence-corrected chi connectivity index (χ0v) is 16.3. The van der Waals surface area contributed by atoms with Crippen molar-refractivity contribution in [1.82, 2.24) is 4.57 Å². The van der Waals surface area contributed by atoms with Crippen LogP contribution >= 0.6 is 15.9 Å². The van der Waals surface area contributed by atoms with Gasteiger partial charge in [-0.3, -0.25) is 9.36 Å². The summed E-state index contributed by atoms with van der Waals surface area (Å²) < 4.78 is 7.80. The van der Waals surface area contributed by atoms with Crippen molar-refractivity contribution >= 4 is 50.7 Å². The number of esters is 1. The molecule has 0 saturated carbocycles. The molecular weight excluding hydrogens is 408 g/mol. The molecule has 5 nitrogen and oxygen atoms in total.